The van der Waals surface area contributed by atoms with Gasteiger partial charge in [-0.25, -0.2) is 0 Å². The van der Waals surface area contributed by atoms with Gasteiger partial charge in [-0.15, -0.1) is 0 Å². The van der Waals surface area contributed by atoms with Crippen LogP contribution in [0.15, 0.2) is 11.8 Å². The molecule has 0 aromatic carbocycles. The molecule has 0 radical (unpaired) electrons. The Hall–Kier alpha value is -0.720. The van der Waals surface area contributed by atoms with E-state index in [-0.39, 0.29) is 5.76 Å². The molecule has 0 bridgehead atoms. The van der Waals surface area contributed by atoms with Crippen LogP contribution < -0.4 is 0 Å². The minimum absolute atomic E-state index is 0.0141. The smallest absolute Gasteiger partial charge is 0.380 e. The van der Waals surface area contributed by atoms with Gasteiger partial charge in [0.2, 0.25) is 0 Å². The number of allylic oxidation sites excluding steroid dienone is 2. The van der Waals surface area contributed by atoms with Crippen LogP contribution in [0, 0.1) is 5.41 Å². The van der Waals surface area contributed by atoms with Crippen LogP contribution in [0.3, 0.4) is 0 Å². The van der Waals surface area contributed by atoms with E-state index >= 15 is 0 Å². The standard InChI is InChI=1S/C8H9F3O3S/c9-8(10,11)15(12,13)14-6-2-1-3-7(6)4-5-7/h2H,1,3-5H2. The van der Waals surface area contributed by atoms with Crippen LogP contribution in [0.2, 0.25) is 0 Å². The molecule has 2 aliphatic carbocycles. The van der Waals surface area contributed by atoms with Crippen LogP contribution in [0.1, 0.15) is 25.7 Å². The SMILES string of the molecule is O=S(=O)(OC1=CCCC12CC2)C(F)(F)F. The first-order valence-corrected chi connectivity index (χ1v) is 5.89. The molecule has 15 heavy (non-hydrogen) atoms. The molecular formula is C8H9F3O3S. The van der Waals surface area contributed by atoms with Gasteiger partial charge < -0.3 is 4.18 Å². The van der Waals surface area contributed by atoms with Crippen LogP contribution in [0.25, 0.3) is 0 Å². The molecule has 2 aliphatic rings. The minimum atomic E-state index is -5.48. The maximum Gasteiger partial charge on any atom is 0.534 e. The summed E-state index contributed by atoms with van der Waals surface area (Å²) in [6.45, 7) is 0. The van der Waals surface area contributed by atoms with Crippen molar-refractivity contribution >= 4 is 10.1 Å². The molecule has 0 N–H and O–H groups in total. The largest absolute Gasteiger partial charge is 0.534 e. The monoisotopic (exact) mass is 242 g/mol. The van der Waals surface area contributed by atoms with Gasteiger partial charge in [-0.1, -0.05) is 0 Å². The van der Waals surface area contributed by atoms with E-state index in [9.17, 15) is 21.6 Å². The molecule has 2 rings (SSSR count). The average Bonchev–Trinajstić information content (AvgIpc) is 2.71. The second-order valence-electron chi connectivity index (χ2n) is 3.87. The quantitative estimate of drug-likeness (QED) is 0.551. The van der Waals surface area contributed by atoms with E-state index in [1.807, 2.05) is 0 Å². The third kappa shape index (κ3) is 1.73. The van der Waals surface area contributed by atoms with Crippen molar-refractivity contribution in [2.75, 3.05) is 0 Å². The van der Waals surface area contributed by atoms with E-state index in [2.05, 4.69) is 4.18 Å². The van der Waals surface area contributed by atoms with Crippen LogP contribution in [0.4, 0.5) is 13.2 Å². The van der Waals surface area contributed by atoms with Gasteiger partial charge in [0.1, 0.15) is 5.76 Å². The Kier molecular flexibility index (Phi) is 2.09. The molecule has 0 heterocycles. The molecule has 0 saturated heterocycles. The molecule has 7 heteroatoms. The Bertz CT molecular complexity index is 403. The molecular weight excluding hydrogens is 233 g/mol. The van der Waals surface area contributed by atoms with Crippen molar-refractivity contribution in [3.63, 3.8) is 0 Å². The van der Waals surface area contributed by atoms with Crippen LogP contribution >= 0.6 is 0 Å². The normalized spacial score (nSPS) is 24.1. The van der Waals surface area contributed by atoms with E-state index in [4.69, 9.17) is 0 Å². The fourth-order valence-corrected chi connectivity index (χ4v) is 2.33. The van der Waals surface area contributed by atoms with Gasteiger partial charge >= 0.3 is 15.6 Å². The first-order valence-electron chi connectivity index (χ1n) is 4.48. The first kappa shape index (κ1) is 10.8. The summed E-state index contributed by atoms with van der Waals surface area (Å²) in [4.78, 5) is 0. The lowest BCUT2D eigenvalue weighted by atomic mass is 10.1. The van der Waals surface area contributed by atoms with E-state index < -0.39 is 21.0 Å². The third-order valence-corrected chi connectivity index (χ3v) is 3.78. The van der Waals surface area contributed by atoms with E-state index in [1.165, 1.54) is 6.08 Å². The number of hydrogen-bond donors (Lipinski definition) is 0. The zero-order valence-corrected chi connectivity index (χ0v) is 8.49. The maximum absolute atomic E-state index is 12.0. The van der Waals surface area contributed by atoms with Gasteiger partial charge in [0.25, 0.3) is 0 Å². The molecule has 1 saturated carbocycles. The summed E-state index contributed by atoms with van der Waals surface area (Å²) in [6.07, 6.45) is 4.15. The van der Waals surface area contributed by atoms with Gasteiger partial charge in [0.05, 0.1) is 0 Å². The maximum atomic E-state index is 12.0. The van der Waals surface area contributed by atoms with Crippen LogP contribution in [-0.4, -0.2) is 13.9 Å². The molecule has 0 aromatic rings. The Balaban J connectivity index is 2.17. The fraction of sp³-hybridized carbons (Fsp3) is 0.750. The van der Waals surface area contributed by atoms with Crippen molar-refractivity contribution in [1.82, 2.24) is 0 Å². The highest BCUT2D eigenvalue weighted by atomic mass is 32.2. The molecule has 0 unspecified atom stereocenters. The Morgan fingerprint density at radius 3 is 2.33 bits per heavy atom. The Labute approximate surface area is 85.0 Å². The third-order valence-electron chi connectivity index (χ3n) is 2.81. The van der Waals surface area contributed by atoms with Crippen LogP contribution in [0.5, 0.6) is 0 Å². The summed E-state index contributed by atoms with van der Waals surface area (Å²) < 4.78 is 61.7. The van der Waals surface area contributed by atoms with Crippen LogP contribution in [-0.2, 0) is 14.3 Å². The Morgan fingerprint density at radius 1 is 1.27 bits per heavy atom. The van der Waals surface area contributed by atoms with Crippen molar-refractivity contribution in [3.05, 3.63) is 11.8 Å². The molecule has 0 atom stereocenters. The molecule has 86 valence electrons. The topological polar surface area (TPSA) is 43.4 Å². The highest BCUT2D eigenvalue weighted by molar-refractivity contribution is 7.87. The second-order valence-corrected chi connectivity index (χ2v) is 5.41. The van der Waals surface area contributed by atoms with Crippen molar-refractivity contribution < 1.29 is 25.8 Å². The van der Waals surface area contributed by atoms with Gasteiger partial charge in [-0.05, 0) is 31.8 Å². The van der Waals surface area contributed by atoms with Crippen molar-refractivity contribution in [2.24, 2.45) is 5.41 Å². The minimum Gasteiger partial charge on any atom is -0.380 e. The molecule has 0 aromatic heterocycles. The van der Waals surface area contributed by atoms with Gasteiger partial charge in [0, 0.05) is 5.41 Å². The van der Waals surface area contributed by atoms with E-state index in [0.717, 1.165) is 0 Å². The summed E-state index contributed by atoms with van der Waals surface area (Å²) in [6, 6.07) is 0. The molecule has 1 spiro atoms. The predicted octanol–water partition coefficient (Wildman–Crippen LogP) is 2.31. The number of alkyl halides is 3. The summed E-state index contributed by atoms with van der Waals surface area (Å²) in [5.41, 5.74) is -5.75. The summed E-state index contributed by atoms with van der Waals surface area (Å²) in [5.74, 6) is -0.0141. The van der Waals surface area contributed by atoms with Crippen molar-refractivity contribution in [1.29, 1.82) is 0 Å². The molecule has 0 aliphatic heterocycles. The summed E-state index contributed by atoms with van der Waals surface area (Å²) >= 11 is 0. The summed E-state index contributed by atoms with van der Waals surface area (Å²) in [7, 11) is -5.48. The highest BCUT2D eigenvalue weighted by Gasteiger charge is 2.55. The van der Waals surface area contributed by atoms with Gasteiger partial charge in [0.15, 0.2) is 0 Å². The number of hydrogen-bond acceptors (Lipinski definition) is 3. The lowest BCUT2D eigenvalue weighted by molar-refractivity contribution is -0.0527. The lowest BCUT2D eigenvalue weighted by Gasteiger charge is -2.15. The molecule has 3 nitrogen and oxygen atoms in total. The predicted molar refractivity (Wildman–Crippen MR) is 45.0 cm³/mol. The number of halogens is 3. The second kappa shape index (κ2) is 2.90. The van der Waals surface area contributed by atoms with Crippen molar-refractivity contribution in [2.45, 2.75) is 31.2 Å². The van der Waals surface area contributed by atoms with Gasteiger partial charge in [-0.3, -0.25) is 0 Å². The van der Waals surface area contributed by atoms with Crippen molar-refractivity contribution in [3.8, 4) is 0 Å². The zero-order valence-electron chi connectivity index (χ0n) is 7.67. The fourth-order valence-electron chi connectivity index (χ4n) is 1.75. The average molecular weight is 242 g/mol. The Morgan fingerprint density at radius 2 is 1.87 bits per heavy atom. The zero-order chi connectivity index (χ0) is 11.3. The first-order chi connectivity index (χ1) is 6.77. The highest BCUT2D eigenvalue weighted by Crippen LogP contribution is 2.59. The number of rotatable bonds is 2. The molecule has 0 amide bonds. The van der Waals surface area contributed by atoms with Gasteiger partial charge in [-0.2, -0.15) is 21.6 Å². The molecule has 1 fully saturated rings. The summed E-state index contributed by atoms with van der Waals surface area (Å²) in [5, 5.41) is 0. The lowest BCUT2D eigenvalue weighted by Crippen LogP contribution is -2.26. The van der Waals surface area contributed by atoms with E-state index in [1.54, 1.807) is 0 Å². The van der Waals surface area contributed by atoms with E-state index in [0.29, 0.717) is 25.7 Å².